The normalized spacial score (nSPS) is 19.7. The molecule has 1 aliphatic heterocycles. The zero-order chi connectivity index (χ0) is 13.0. The Morgan fingerprint density at radius 2 is 2.17 bits per heavy atom. The molecule has 1 amide bonds. The summed E-state index contributed by atoms with van der Waals surface area (Å²) in [5.41, 5.74) is 0. The van der Waals surface area contributed by atoms with Crippen LogP contribution in [0.3, 0.4) is 0 Å². The molecule has 0 saturated carbocycles. The number of nitrogens with zero attached hydrogens (tertiary/aromatic N) is 2. The van der Waals surface area contributed by atoms with Crippen LogP contribution in [0.5, 0.6) is 0 Å². The molecule has 2 rings (SSSR count). The van der Waals surface area contributed by atoms with Crippen molar-refractivity contribution >= 4 is 5.91 Å². The molecule has 5 heteroatoms. The Bertz CT molecular complexity index is 370. The van der Waals surface area contributed by atoms with Gasteiger partial charge in [0.25, 0.3) is 0 Å². The Morgan fingerprint density at radius 3 is 2.78 bits per heavy atom. The lowest BCUT2D eigenvalue weighted by Crippen LogP contribution is -2.52. The molecule has 100 valence electrons. The van der Waals surface area contributed by atoms with Gasteiger partial charge in [-0.25, -0.2) is 0 Å². The minimum atomic E-state index is -0.0753. The van der Waals surface area contributed by atoms with Crippen LogP contribution in [0.2, 0.25) is 0 Å². The summed E-state index contributed by atoms with van der Waals surface area (Å²) in [6.07, 6.45) is 1.62. The quantitative estimate of drug-likeness (QED) is 0.848. The molecule has 5 nitrogen and oxygen atoms in total. The van der Waals surface area contributed by atoms with Crippen molar-refractivity contribution in [1.82, 2.24) is 15.1 Å². The van der Waals surface area contributed by atoms with Crippen molar-refractivity contribution in [2.75, 3.05) is 33.2 Å². The van der Waals surface area contributed by atoms with Gasteiger partial charge >= 0.3 is 0 Å². The van der Waals surface area contributed by atoms with Crippen LogP contribution >= 0.6 is 0 Å². The van der Waals surface area contributed by atoms with Crippen molar-refractivity contribution < 1.29 is 9.21 Å². The Balaban J connectivity index is 1.77. The summed E-state index contributed by atoms with van der Waals surface area (Å²) in [4.78, 5) is 16.5. The first kappa shape index (κ1) is 13.1. The van der Waals surface area contributed by atoms with Crippen molar-refractivity contribution in [3.63, 3.8) is 0 Å². The van der Waals surface area contributed by atoms with Gasteiger partial charge in [0, 0.05) is 26.2 Å². The summed E-state index contributed by atoms with van der Waals surface area (Å²) in [7, 11) is 2.11. The summed E-state index contributed by atoms with van der Waals surface area (Å²) in [6, 6.07) is 3.61. The average Bonchev–Trinajstić information content (AvgIpc) is 2.89. The monoisotopic (exact) mass is 251 g/mol. The Hall–Kier alpha value is -1.33. The van der Waals surface area contributed by atoms with Gasteiger partial charge in [-0.15, -0.1) is 0 Å². The van der Waals surface area contributed by atoms with Crippen LogP contribution in [-0.2, 0) is 11.3 Å². The summed E-state index contributed by atoms with van der Waals surface area (Å²) in [5, 5.41) is 2.91. The fourth-order valence-corrected chi connectivity index (χ4v) is 2.11. The van der Waals surface area contributed by atoms with Gasteiger partial charge in [-0.1, -0.05) is 0 Å². The van der Waals surface area contributed by atoms with E-state index in [-0.39, 0.29) is 11.9 Å². The second-order valence-electron chi connectivity index (χ2n) is 4.81. The first-order valence-electron chi connectivity index (χ1n) is 6.39. The third-order valence-electron chi connectivity index (χ3n) is 3.48. The molecule has 1 atom stereocenters. The highest BCUT2D eigenvalue weighted by Crippen LogP contribution is 2.06. The van der Waals surface area contributed by atoms with E-state index >= 15 is 0 Å². The van der Waals surface area contributed by atoms with Gasteiger partial charge in [0.05, 0.1) is 18.8 Å². The number of likely N-dealkylation sites (N-methyl/N-ethyl adjacent to an activating group) is 1. The molecule has 1 N–H and O–H groups in total. The molecule has 0 aliphatic carbocycles. The van der Waals surface area contributed by atoms with E-state index in [1.807, 2.05) is 19.1 Å². The van der Waals surface area contributed by atoms with E-state index in [4.69, 9.17) is 4.42 Å². The number of rotatable bonds is 4. The predicted molar refractivity (Wildman–Crippen MR) is 69.1 cm³/mol. The Morgan fingerprint density at radius 1 is 1.44 bits per heavy atom. The maximum atomic E-state index is 12.0. The van der Waals surface area contributed by atoms with E-state index in [1.54, 1.807) is 6.26 Å². The van der Waals surface area contributed by atoms with Gasteiger partial charge < -0.3 is 14.6 Å². The van der Waals surface area contributed by atoms with E-state index < -0.39 is 0 Å². The van der Waals surface area contributed by atoms with E-state index in [1.165, 1.54) is 0 Å². The SMILES string of the molecule is CC(C(=O)NCc1ccco1)N1CCN(C)CC1. The van der Waals surface area contributed by atoms with Gasteiger partial charge in [-0.3, -0.25) is 9.69 Å². The highest BCUT2D eigenvalue weighted by molar-refractivity contribution is 5.81. The van der Waals surface area contributed by atoms with Gasteiger partial charge in [0.1, 0.15) is 5.76 Å². The number of nitrogens with one attached hydrogen (secondary N) is 1. The van der Waals surface area contributed by atoms with Crippen molar-refractivity contribution in [3.05, 3.63) is 24.2 Å². The van der Waals surface area contributed by atoms with Crippen molar-refractivity contribution in [2.45, 2.75) is 19.5 Å². The molecule has 1 aromatic rings. The van der Waals surface area contributed by atoms with Gasteiger partial charge in [0.2, 0.25) is 5.91 Å². The van der Waals surface area contributed by atoms with Crippen LogP contribution < -0.4 is 5.32 Å². The van der Waals surface area contributed by atoms with Gasteiger partial charge in [-0.2, -0.15) is 0 Å². The lowest BCUT2D eigenvalue weighted by molar-refractivity contribution is -0.126. The highest BCUT2D eigenvalue weighted by atomic mass is 16.3. The molecule has 0 spiro atoms. The predicted octanol–water partition coefficient (Wildman–Crippen LogP) is 0.532. The van der Waals surface area contributed by atoms with Crippen molar-refractivity contribution in [3.8, 4) is 0 Å². The number of hydrogen-bond acceptors (Lipinski definition) is 4. The summed E-state index contributed by atoms with van der Waals surface area (Å²) in [6.45, 7) is 6.37. The molecular weight excluding hydrogens is 230 g/mol. The molecule has 18 heavy (non-hydrogen) atoms. The minimum absolute atomic E-state index is 0.0657. The van der Waals surface area contributed by atoms with Crippen LogP contribution in [0, 0.1) is 0 Å². The molecule has 1 fully saturated rings. The second-order valence-corrected chi connectivity index (χ2v) is 4.81. The number of amides is 1. The number of piperazine rings is 1. The third-order valence-corrected chi connectivity index (χ3v) is 3.48. The molecule has 1 aliphatic rings. The van der Waals surface area contributed by atoms with Crippen molar-refractivity contribution in [1.29, 1.82) is 0 Å². The maximum Gasteiger partial charge on any atom is 0.237 e. The fourth-order valence-electron chi connectivity index (χ4n) is 2.11. The standard InChI is InChI=1S/C13H21N3O2/c1-11(16-7-5-15(2)6-8-16)13(17)14-10-12-4-3-9-18-12/h3-4,9,11H,5-8,10H2,1-2H3,(H,14,17). The van der Waals surface area contributed by atoms with E-state index in [0.717, 1.165) is 31.9 Å². The lowest BCUT2D eigenvalue weighted by Gasteiger charge is -2.35. The topological polar surface area (TPSA) is 48.7 Å². The summed E-state index contributed by atoms with van der Waals surface area (Å²) in [5.74, 6) is 0.852. The Labute approximate surface area is 108 Å². The number of furan rings is 1. The number of carbonyl (C=O) groups excluding carboxylic acids is 1. The zero-order valence-corrected chi connectivity index (χ0v) is 11.1. The van der Waals surface area contributed by atoms with Crippen LogP contribution in [-0.4, -0.2) is 55.0 Å². The molecule has 0 bridgehead atoms. The zero-order valence-electron chi connectivity index (χ0n) is 11.1. The second kappa shape index (κ2) is 6.02. The van der Waals surface area contributed by atoms with E-state index in [9.17, 15) is 4.79 Å². The number of carbonyl (C=O) groups is 1. The van der Waals surface area contributed by atoms with Crippen LogP contribution in [0.1, 0.15) is 12.7 Å². The van der Waals surface area contributed by atoms with Crippen LogP contribution in [0.15, 0.2) is 22.8 Å². The fraction of sp³-hybridized carbons (Fsp3) is 0.615. The van der Waals surface area contributed by atoms with Gasteiger partial charge in [0.15, 0.2) is 0 Å². The molecule has 1 unspecified atom stereocenters. The summed E-state index contributed by atoms with van der Waals surface area (Å²) >= 11 is 0. The highest BCUT2D eigenvalue weighted by Gasteiger charge is 2.24. The Kier molecular flexibility index (Phi) is 4.38. The molecule has 1 saturated heterocycles. The molecule has 0 radical (unpaired) electrons. The summed E-state index contributed by atoms with van der Waals surface area (Å²) < 4.78 is 5.19. The third kappa shape index (κ3) is 3.34. The molecule has 2 heterocycles. The first-order valence-corrected chi connectivity index (χ1v) is 6.39. The van der Waals surface area contributed by atoms with E-state index in [2.05, 4.69) is 22.2 Å². The largest absolute Gasteiger partial charge is 0.467 e. The van der Waals surface area contributed by atoms with E-state index in [0.29, 0.717) is 6.54 Å². The van der Waals surface area contributed by atoms with Crippen LogP contribution in [0.4, 0.5) is 0 Å². The lowest BCUT2D eigenvalue weighted by atomic mass is 10.2. The van der Waals surface area contributed by atoms with Crippen LogP contribution in [0.25, 0.3) is 0 Å². The maximum absolute atomic E-state index is 12.0. The smallest absolute Gasteiger partial charge is 0.237 e. The minimum Gasteiger partial charge on any atom is -0.467 e. The average molecular weight is 251 g/mol. The molecular formula is C13H21N3O2. The van der Waals surface area contributed by atoms with Gasteiger partial charge in [-0.05, 0) is 26.1 Å². The molecule has 1 aromatic heterocycles. The van der Waals surface area contributed by atoms with Crippen molar-refractivity contribution in [2.24, 2.45) is 0 Å². The molecule has 0 aromatic carbocycles. The first-order chi connectivity index (χ1) is 8.66. The number of hydrogen-bond donors (Lipinski definition) is 1.